The number of unbranched alkanes of at least 4 members (excludes halogenated alkanes) is 1. The van der Waals surface area contributed by atoms with Crippen LogP contribution in [0.25, 0.3) is 0 Å². The molecule has 0 aromatic carbocycles. The number of piperidine rings is 1. The molecule has 0 aromatic heterocycles. The van der Waals surface area contributed by atoms with Crippen LogP contribution in [0.5, 0.6) is 0 Å². The Morgan fingerprint density at radius 3 is 2.87 bits per heavy atom. The van der Waals surface area contributed by atoms with Gasteiger partial charge in [0.1, 0.15) is 5.68 Å². The minimum absolute atomic E-state index is 0.106. The topological polar surface area (TPSA) is 49.3 Å². The molecule has 1 saturated heterocycles. The van der Waals surface area contributed by atoms with Crippen molar-refractivity contribution >= 4 is 12.6 Å². The van der Waals surface area contributed by atoms with Crippen LogP contribution in [0, 0.1) is 0 Å². The summed E-state index contributed by atoms with van der Waals surface area (Å²) in [7, 11) is 0. The Hall–Kier alpha value is -0.345. The van der Waals surface area contributed by atoms with Crippen molar-refractivity contribution in [2.75, 3.05) is 6.54 Å². The minimum atomic E-state index is -0.732. The van der Waals surface area contributed by atoms with E-state index in [1.807, 2.05) is 0 Å². The number of hydrogen-bond acceptors (Lipinski definition) is 3. The summed E-state index contributed by atoms with van der Waals surface area (Å²) in [5.74, 6) is 0. The number of rotatable bonds is 6. The smallest absolute Gasteiger partial charge is 0.365 e. The first-order chi connectivity index (χ1) is 7.20. The molecular weight excluding hydrogens is 189 g/mol. The van der Waals surface area contributed by atoms with E-state index in [0.717, 1.165) is 19.4 Å². The normalized spacial score (nSPS) is 21.3. The number of carbonyl (C=O) groups is 1. The Balaban J connectivity index is 1.98. The van der Waals surface area contributed by atoms with Crippen molar-refractivity contribution < 1.29 is 9.82 Å². The molecule has 3 nitrogen and oxygen atoms in total. The second kappa shape index (κ2) is 7.02. The van der Waals surface area contributed by atoms with Gasteiger partial charge in [-0.25, -0.2) is 0 Å². The molecule has 0 spiro atoms. The van der Waals surface area contributed by atoms with Crippen LogP contribution < -0.4 is 5.32 Å². The minimum Gasteiger partial charge on any atom is -0.444 e. The molecule has 0 aromatic rings. The lowest BCUT2D eigenvalue weighted by Crippen LogP contribution is -2.33. The first-order valence-electron chi connectivity index (χ1n) is 6.12. The van der Waals surface area contributed by atoms with E-state index >= 15 is 0 Å². The fourth-order valence-corrected chi connectivity index (χ4v) is 2.10. The number of nitrogens with one attached hydrogen (secondary N) is 1. The van der Waals surface area contributed by atoms with E-state index < -0.39 is 6.92 Å². The fourth-order valence-electron chi connectivity index (χ4n) is 2.10. The van der Waals surface area contributed by atoms with Crippen molar-refractivity contribution in [1.29, 1.82) is 0 Å². The highest BCUT2D eigenvalue weighted by molar-refractivity contribution is 6.83. The van der Waals surface area contributed by atoms with Gasteiger partial charge in [0, 0.05) is 6.04 Å². The molecule has 0 aliphatic carbocycles. The lowest BCUT2D eigenvalue weighted by atomic mass is 9.60. The Morgan fingerprint density at radius 2 is 2.27 bits per heavy atom. The van der Waals surface area contributed by atoms with E-state index in [1.54, 1.807) is 0 Å². The highest BCUT2D eigenvalue weighted by Crippen LogP contribution is 2.14. The lowest BCUT2D eigenvalue weighted by molar-refractivity contribution is -0.111. The Kier molecular flexibility index (Phi) is 5.95. The molecule has 1 fully saturated rings. The third-order valence-electron chi connectivity index (χ3n) is 3.16. The molecule has 15 heavy (non-hydrogen) atoms. The van der Waals surface area contributed by atoms with Crippen molar-refractivity contribution in [2.24, 2.45) is 0 Å². The van der Waals surface area contributed by atoms with Crippen LogP contribution in [-0.4, -0.2) is 30.2 Å². The zero-order valence-corrected chi connectivity index (χ0v) is 9.67. The van der Waals surface area contributed by atoms with Gasteiger partial charge in [0.05, 0.1) is 0 Å². The van der Waals surface area contributed by atoms with Gasteiger partial charge < -0.3 is 15.1 Å². The van der Waals surface area contributed by atoms with Gasteiger partial charge in [0.25, 0.3) is 0 Å². The molecule has 1 aliphatic rings. The molecule has 0 bridgehead atoms. The summed E-state index contributed by atoms with van der Waals surface area (Å²) in [4.78, 5) is 10.8. The first-order valence-corrected chi connectivity index (χ1v) is 6.12. The summed E-state index contributed by atoms with van der Waals surface area (Å²) >= 11 is 0. The quantitative estimate of drug-likeness (QED) is 0.515. The van der Waals surface area contributed by atoms with E-state index in [1.165, 1.54) is 32.6 Å². The van der Waals surface area contributed by atoms with Crippen LogP contribution in [0.1, 0.15) is 45.4 Å². The van der Waals surface area contributed by atoms with Gasteiger partial charge >= 0.3 is 6.92 Å². The van der Waals surface area contributed by atoms with E-state index in [4.69, 9.17) is 0 Å². The lowest BCUT2D eigenvalue weighted by Gasteiger charge is -2.23. The molecule has 1 aliphatic heterocycles. The predicted octanol–water partition coefficient (Wildman–Crippen LogP) is 1.41. The highest BCUT2D eigenvalue weighted by atomic mass is 16.2. The van der Waals surface area contributed by atoms with Crippen molar-refractivity contribution in [3.05, 3.63) is 0 Å². The van der Waals surface area contributed by atoms with Gasteiger partial charge in [-0.15, -0.1) is 0 Å². The third-order valence-corrected chi connectivity index (χ3v) is 3.16. The molecule has 86 valence electrons. The Morgan fingerprint density at radius 1 is 1.47 bits per heavy atom. The molecule has 0 saturated carbocycles. The first kappa shape index (κ1) is 12.7. The second-order valence-corrected chi connectivity index (χ2v) is 4.56. The van der Waals surface area contributed by atoms with E-state index in [9.17, 15) is 9.82 Å². The maximum atomic E-state index is 10.8. The molecule has 0 radical (unpaired) electrons. The van der Waals surface area contributed by atoms with Gasteiger partial charge in [-0.1, -0.05) is 19.3 Å². The van der Waals surface area contributed by atoms with Crippen molar-refractivity contribution in [3.8, 4) is 0 Å². The molecule has 2 N–H and O–H groups in total. The number of hydrogen-bond donors (Lipinski definition) is 2. The van der Waals surface area contributed by atoms with Gasteiger partial charge in [0.15, 0.2) is 0 Å². The average molecular weight is 211 g/mol. The molecule has 4 heteroatoms. The standard InChI is InChI=1S/C11H22BNO2/c1-10(14)12(15)8-4-2-6-11-7-3-5-9-13-11/h11,13,15H,2-9H2,1H3/t11-/m1/s1. The summed E-state index contributed by atoms with van der Waals surface area (Å²) in [5, 5.41) is 12.8. The molecule has 1 heterocycles. The average Bonchev–Trinajstić information content (AvgIpc) is 2.25. The summed E-state index contributed by atoms with van der Waals surface area (Å²) in [6, 6.07) is 0.674. The summed E-state index contributed by atoms with van der Waals surface area (Å²) in [6.07, 6.45) is 7.82. The maximum Gasteiger partial charge on any atom is 0.365 e. The second-order valence-electron chi connectivity index (χ2n) is 4.56. The van der Waals surface area contributed by atoms with Crippen LogP contribution in [-0.2, 0) is 4.79 Å². The molecule has 0 amide bonds. The van der Waals surface area contributed by atoms with Crippen LogP contribution >= 0.6 is 0 Å². The monoisotopic (exact) mass is 211 g/mol. The fraction of sp³-hybridized carbons (Fsp3) is 0.909. The summed E-state index contributed by atoms with van der Waals surface area (Å²) < 4.78 is 0. The molecule has 1 atom stereocenters. The molecular formula is C11H22BNO2. The summed E-state index contributed by atoms with van der Waals surface area (Å²) in [5.41, 5.74) is -0.106. The van der Waals surface area contributed by atoms with E-state index in [0.29, 0.717) is 12.4 Å². The largest absolute Gasteiger partial charge is 0.444 e. The van der Waals surface area contributed by atoms with Crippen LogP contribution in [0.3, 0.4) is 0 Å². The third kappa shape index (κ3) is 5.33. The van der Waals surface area contributed by atoms with Crippen LogP contribution in [0.2, 0.25) is 6.32 Å². The van der Waals surface area contributed by atoms with Gasteiger partial charge in [-0.3, -0.25) is 0 Å². The zero-order chi connectivity index (χ0) is 11.1. The SMILES string of the molecule is CC(=O)B(O)CCCC[C@@H]1CCCCN1. The molecule has 0 unspecified atom stereocenters. The number of carbonyl (C=O) groups excluding carboxylic acids is 1. The van der Waals surface area contributed by atoms with Crippen molar-refractivity contribution in [1.82, 2.24) is 5.32 Å². The van der Waals surface area contributed by atoms with E-state index in [2.05, 4.69) is 5.32 Å². The van der Waals surface area contributed by atoms with Gasteiger partial charge in [-0.05, 0) is 39.1 Å². The van der Waals surface area contributed by atoms with Crippen LogP contribution in [0.15, 0.2) is 0 Å². The van der Waals surface area contributed by atoms with Crippen molar-refractivity contribution in [2.45, 2.75) is 57.8 Å². The van der Waals surface area contributed by atoms with E-state index in [-0.39, 0.29) is 5.68 Å². The Labute approximate surface area is 92.7 Å². The van der Waals surface area contributed by atoms with Crippen LogP contribution in [0.4, 0.5) is 0 Å². The predicted molar refractivity (Wildman–Crippen MR) is 63.0 cm³/mol. The maximum absolute atomic E-state index is 10.8. The molecule has 1 rings (SSSR count). The zero-order valence-electron chi connectivity index (χ0n) is 9.67. The highest BCUT2D eigenvalue weighted by Gasteiger charge is 2.17. The van der Waals surface area contributed by atoms with Gasteiger partial charge in [0.2, 0.25) is 0 Å². The summed E-state index contributed by atoms with van der Waals surface area (Å²) in [6.45, 7) is 1.87. The van der Waals surface area contributed by atoms with Gasteiger partial charge in [-0.2, -0.15) is 0 Å². The van der Waals surface area contributed by atoms with Crippen molar-refractivity contribution in [3.63, 3.8) is 0 Å². The Bertz CT molecular complexity index is 193.